The molecule has 0 saturated heterocycles. The van der Waals surface area contributed by atoms with E-state index >= 15 is 0 Å². The number of hydrogen-bond donors (Lipinski definition) is 2. The van der Waals surface area contributed by atoms with Crippen LogP contribution in [0.15, 0.2) is 30.3 Å². The van der Waals surface area contributed by atoms with Gasteiger partial charge in [-0.1, -0.05) is 36.8 Å². The Labute approximate surface area is 117 Å². The fourth-order valence-corrected chi connectivity index (χ4v) is 2.86. The quantitative estimate of drug-likeness (QED) is 0.889. The molecule has 1 fully saturated rings. The number of benzene rings is 1. The topological polar surface area (TPSA) is 32.3 Å². The summed E-state index contributed by atoms with van der Waals surface area (Å²) in [5.74, 6) is -1.22. The third kappa shape index (κ3) is 3.96. The van der Waals surface area contributed by atoms with Crippen molar-refractivity contribution in [3.63, 3.8) is 0 Å². The van der Waals surface area contributed by atoms with Crippen LogP contribution in [0.4, 0.5) is 13.2 Å². The summed E-state index contributed by atoms with van der Waals surface area (Å²) in [4.78, 5) is 0. The van der Waals surface area contributed by atoms with Crippen molar-refractivity contribution in [1.82, 2.24) is 5.32 Å². The molecular formula is C15H20F3NO. The number of halogens is 3. The van der Waals surface area contributed by atoms with Crippen LogP contribution in [-0.4, -0.2) is 23.9 Å². The van der Waals surface area contributed by atoms with Gasteiger partial charge in [0.1, 0.15) is 0 Å². The lowest BCUT2D eigenvalue weighted by Gasteiger charge is -2.33. The van der Waals surface area contributed by atoms with Crippen molar-refractivity contribution in [2.45, 2.75) is 43.9 Å². The number of alkyl halides is 3. The maximum atomic E-state index is 12.8. The Morgan fingerprint density at radius 2 is 1.90 bits per heavy atom. The highest BCUT2D eigenvalue weighted by atomic mass is 19.4. The highest BCUT2D eigenvalue weighted by molar-refractivity contribution is 5.19. The van der Waals surface area contributed by atoms with Crippen molar-refractivity contribution in [2.75, 3.05) is 6.61 Å². The molecule has 1 aliphatic carbocycles. The molecule has 1 saturated carbocycles. The van der Waals surface area contributed by atoms with E-state index in [-0.39, 0.29) is 31.5 Å². The summed E-state index contributed by atoms with van der Waals surface area (Å²) in [6.07, 6.45) is -2.48. The number of hydrogen-bond acceptors (Lipinski definition) is 2. The molecule has 1 aliphatic rings. The summed E-state index contributed by atoms with van der Waals surface area (Å²) in [6, 6.07) is 8.85. The van der Waals surface area contributed by atoms with Crippen molar-refractivity contribution >= 4 is 0 Å². The van der Waals surface area contributed by atoms with Crippen LogP contribution in [0.25, 0.3) is 0 Å². The standard InChI is InChI=1S/C15H20F3NO/c16-15(17,18)12-7-4-8-13(9-12)19-14(10-20)11-5-2-1-3-6-11/h1-3,5-6,12-14,19-20H,4,7-10H2. The second kappa shape index (κ2) is 6.59. The normalized spacial score (nSPS) is 25.4. The first-order valence-corrected chi connectivity index (χ1v) is 6.99. The molecule has 0 heterocycles. The highest BCUT2D eigenvalue weighted by Gasteiger charge is 2.42. The molecule has 2 nitrogen and oxygen atoms in total. The second-order valence-electron chi connectivity index (χ2n) is 5.41. The van der Waals surface area contributed by atoms with Gasteiger partial charge in [0.25, 0.3) is 0 Å². The van der Waals surface area contributed by atoms with Gasteiger partial charge in [0, 0.05) is 6.04 Å². The van der Waals surface area contributed by atoms with Crippen LogP contribution in [-0.2, 0) is 0 Å². The van der Waals surface area contributed by atoms with Gasteiger partial charge in [0.05, 0.1) is 18.6 Å². The lowest BCUT2D eigenvalue weighted by atomic mass is 9.84. The molecule has 20 heavy (non-hydrogen) atoms. The lowest BCUT2D eigenvalue weighted by Crippen LogP contribution is -2.41. The molecule has 2 rings (SSSR count). The SMILES string of the molecule is OCC(NC1CCCC(C(F)(F)F)C1)c1ccccc1. The molecule has 0 radical (unpaired) electrons. The maximum Gasteiger partial charge on any atom is 0.391 e. The number of aliphatic hydroxyl groups excluding tert-OH is 1. The van der Waals surface area contributed by atoms with E-state index < -0.39 is 12.1 Å². The van der Waals surface area contributed by atoms with E-state index in [2.05, 4.69) is 5.32 Å². The Hall–Kier alpha value is -1.07. The van der Waals surface area contributed by atoms with Crippen LogP contribution in [0.3, 0.4) is 0 Å². The minimum atomic E-state index is -4.11. The molecular weight excluding hydrogens is 267 g/mol. The van der Waals surface area contributed by atoms with E-state index in [1.54, 1.807) is 0 Å². The number of aliphatic hydroxyl groups is 1. The predicted octanol–water partition coefficient (Wildman–Crippen LogP) is 3.43. The molecule has 5 heteroatoms. The molecule has 3 unspecified atom stereocenters. The van der Waals surface area contributed by atoms with Crippen molar-refractivity contribution in [2.24, 2.45) is 5.92 Å². The molecule has 0 amide bonds. The first-order valence-electron chi connectivity index (χ1n) is 6.99. The maximum absolute atomic E-state index is 12.8. The van der Waals surface area contributed by atoms with E-state index in [0.717, 1.165) is 12.0 Å². The molecule has 0 spiro atoms. The van der Waals surface area contributed by atoms with E-state index in [1.807, 2.05) is 30.3 Å². The summed E-state index contributed by atoms with van der Waals surface area (Å²) in [6.45, 7) is -0.114. The van der Waals surface area contributed by atoms with Crippen molar-refractivity contribution in [3.05, 3.63) is 35.9 Å². The van der Waals surface area contributed by atoms with Gasteiger partial charge in [-0.3, -0.25) is 0 Å². The van der Waals surface area contributed by atoms with Crippen LogP contribution >= 0.6 is 0 Å². The van der Waals surface area contributed by atoms with Crippen LogP contribution in [0, 0.1) is 5.92 Å². The first-order chi connectivity index (χ1) is 9.50. The van der Waals surface area contributed by atoms with E-state index in [9.17, 15) is 18.3 Å². The third-order valence-electron chi connectivity index (χ3n) is 3.96. The Morgan fingerprint density at radius 3 is 2.50 bits per heavy atom. The van der Waals surface area contributed by atoms with Crippen LogP contribution in [0.2, 0.25) is 0 Å². The molecule has 1 aromatic carbocycles. The monoisotopic (exact) mass is 287 g/mol. The average Bonchev–Trinajstić information content (AvgIpc) is 2.45. The van der Waals surface area contributed by atoms with E-state index in [1.165, 1.54) is 0 Å². The van der Waals surface area contributed by atoms with Crippen molar-refractivity contribution < 1.29 is 18.3 Å². The average molecular weight is 287 g/mol. The van der Waals surface area contributed by atoms with Gasteiger partial charge < -0.3 is 10.4 Å². The van der Waals surface area contributed by atoms with Crippen LogP contribution in [0.5, 0.6) is 0 Å². The second-order valence-corrected chi connectivity index (χ2v) is 5.41. The van der Waals surface area contributed by atoms with E-state index in [0.29, 0.717) is 6.42 Å². The molecule has 0 aromatic heterocycles. The zero-order chi connectivity index (χ0) is 14.6. The number of nitrogens with one attached hydrogen (secondary N) is 1. The number of rotatable bonds is 4. The van der Waals surface area contributed by atoms with Crippen molar-refractivity contribution in [3.8, 4) is 0 Å². The molecule has 2 N–H and O–H groups in total. The minimum Gasteiger partial charge on any atom is -0.394 e. The minimum absolute atomic E-state index is 0.104. The Bertz CT molecular complexity index is 407. The Balaban J connectivity index is 1.98. The van der Waals surface area contributed by atoms with Crippen molar-refractivity contribution in [1.29, 1.82) is 0 Å². The Kier molecular flexibility index (Phi) is 5.05. The largest absolute Gasteiger partial charge is 0.394 e. The smallest absolute Gasteiger partial charge is 0.391 e. The molecule has 3 atom stereocenters. The fraction of sp³-hybridized carbons (Fsp3) is 0.600. The third-order valence-corrected chi connectivity index (χ3v) is 3.96. The molecule has 0 aliphatic heterocycles. The van der Waals surface area contributed by atoms with Crippen LogP contribution < -0.4 is 5.32 Å². The summed E-state index contributed by atoms with van der Waals surface area (Å²) in [5.41, 5.74) is 0.907. The Morgan fingerprint density at radius 1 is 1.20 bits per heavy atom. The zero-order valence-corrected chi connectivity index (χ0v) is 11.2. The summed E-state index contributed by atoms with van der Waals surface area (Å²) < 4.78 is 38.3. The van der Waals surface area contributed by atoms with Gasteiger partial charge in [0.15, 0.2) is 0 Å². The van der Waals surface area contributed by atoms with Crippen LogP contribution in [0.1, 0.15) is 37.3 Å². The van der Waals surface area contributed by atoms with Gasteiger partial charge in [-0.2, -0.15) is 13.2 Å². The van der Waals surface area contributed by atoms with Gasteiger partial charge in [-0.25, -0.2) is 0 Å². The first kappa shape index (κ1) is 15.3. The zero-order valence-electron chi connectivity index (χ0n) is 11.2. The molecule has 0 bridgehead atoms. The summed E-state index contributed by atoms with van der Waals surface area (Å²) in [5, 5.41) is 12.6. The molecule has 1 aromatic rings. The van der Waals surface area contributed by atoms with Gasteiger partial charge in [-0.05, 0) is 24.8 Å². The lowest BCUT2D eigenvalue weighted by molar-refractivity contribution is -0.184. The molecule has 112 valence electrons. The fourth-order valence-electron chi connectivity index (χ4n) is 2.86. The summed E-state index contributed by atoms with van der Waals surface area (Å²) >= 11 is 0. The summed E-state index contributed by atoms with van der Waals surface area (Å²) in [7, 11) is 0. The van der Waals surface area contributed by atoms with E-state index in [4.69, 9.17) is 0 Å². The highest BCUT2D eigenvalue weighted by Crippen LogP contribution is 2.38. The van der Waals surface area contributed by atoms with Gasteiger partial charge in [0.2, 0.25) is 0 Å². The van der Waals surface area contributed by atoms with Gasteiger partial charge >= 0.3 is 6.18 Å². The predicted molar refractivity (Wildman–Crippen MR) is 71.2 cm³/mol. The van der Waals surface area contributed by atoms with Gasteiger partial charge in [-0.15, -0.1) is 0 Å².